The van der Waals surface area contributed by atoms with E-state index in [0.717, 1.165) is 16.7 Å². The number of nitriles is 1. The summed E-state index contributed by atoms with van der Waals surface area (Å²) in [5, 5.41) is 12.9. The Hall–Kier alpha value is -3.73. The van der Waals surface area contributed by atoms with E-state index in [1.54, 1.807) is 31.4 Å². The normalized spacial score (nSPS) is 16.5. The van der Waals surface area contributed by atoms with Gasteiger partial charge in [0.15, 0.2) is 0 Å². The number of benzene rings is 3. The fourth-order valence-corrected chi connectivity index (χ4v) is 5.34. The highest BCUT2D eigenvalue weighted by atomic mass is 35.5. The summed E-state index contributed by atoms with van der Waals surface area (Å²) in [7, 11) is 1.59. The zero-order valence-corrected chi connectivity index (χ0v) is 21.6. The number of hydrogen-bond acceptors (Lipinski definition) is 5. The van der Waals surface area contributed by atoms with Crippen LogP contribution in [0.2, 0.25) is 5.02 Å². The highest BCUT2D eigenvalue weighted by molar-refractivity contribution is 8.05. The van der Waals surface area contributed by atoms with E-state index in [1.165, 1.54) is 16.7 Å². The average molecular weight is 518 g/mol. The Bertz CT molecular complexity index is 1410. The number of amides is 2. The fourth-order valence-electron chi connectivity index (χ4n) is 3.85. The van der Waals surface area contributed by atoms with Crippen LogP contribution in [0.5, 0.6) is 5.75 Å². The van der Waals surface area contributed by atoms with Gasteiger partial charge in [-0.05, 0) is 73.4 Å². The van der Waals surface area contributed by atoms with Crippen molar-refractivity contribution in [2.24, 2.45) is 0 Å². The molecule has 1 saturated heterocycles. The summed E-state index contributed by atoms with van der Waals surface area (Å²) in [6.07, 6.45) is 0.413. The Kier molecular flexibility index (Phi) is 7.68. The Morgan fingerprint density at radius 2 is 1.89 bits per heavy atom. The molecular weight excluding hydrogens is 494 g/mol. The zero-order chi connectivity index (χ0) is 25.8. The van der Waals surface area contributed by atoms with Crippen LogP contribution in [0.1, 0.15) is 16.7 Å². The minimum Gasteiger partial charge on any atom is -0.497 e. The maximum atomic E-state index is 13.7. The maximum absolute atomic E-state index is 13.7. The number of hydrogen-bond donors (Lipinski definition) is 1. The first-order valence-electron chi connectivity index (χ1n) is 11.2. The zero-order valence-electron chi connectivity index (χ0n) is 20.0. The topological polar surface area (TPSA) is 82.4 Å². The van der Waals surface area contributed by atoms with Crippen molar-refractivity contribution in [3.63, 3.8) is 0 Å². The van der Waals surface area contributed by atoms with E-state index in [1.807, 2.05) is 62.4 Å². The van der Waals surface area contributed by atoms with E-state index in [-0.39, 0.29) is 11.5 Å². The van der Waals surface area contributed by atoms with Crippen molar-refractivity contribution in [2.45, 2.75) is 25.5 Å². The molecule has 6 nitrogen and oxygen atoms in total. The number of halogens is 1. The van der Waals surface area contributed by atoms with Crippen LogP contribution in [0.3, 0.4) is 0 Å². The van der Waals surface area contributed by atoms with Gasteiger partial charge in [-0.2, -0.15) is 5.26 Å². The van der Waals surface area contributed by atoms with Gasteiger partial charge in [-0.25, -0.2) is 0 Å². The molecule has 0 spiro atoms. The molecule has 0 aromatic heterocycles. The number of rotatable bonds is 6. The Morgan fingerprint density at radius 1 is 1.11 bits per heavy atom. The summed E-state index contributed by atoms with van der Waals surface area (Å²) in [5.74, 6) is -0.127. The van der Waals surface area contributed by atoms with Crippen molar-refractivity contribution < 1.29 is 14.3 Å². The molecule has 8 heteroatoms. The van der Waals surface area contributed by atoms with Crippen LogP contribution in [0.4, 0.5) is 11.4 Å². The van der Waals surface area contributed by atoms with Crippen LogP contribution >= 0.6 is 23.4 Å². The highest BCUT2D eigenvalue weighted by Crippen LogP contribution is 2.42. The van der Waals surface area contributed by atoms with E-state index in [2.05, 4.69) is 5.32 Å². The predicted octanol–water partition coefficient (Wildman–Crippen LogP) is 6.03. The molecule has 182 valence electrons. The maximum Gasteiger partial charge on any atom is 0.269 e. The first kappa shape index (κ1) is 25.4. The van der Waals surface area contributed by atoms with Crippen LogP contribution in [0.25, 0.3) is 0 Å². The highest BCUT2D eigenvalue weighted by Gasteiger charge is 2.41. The number of methoxy groups -OCH3 is 1. The third kappa shape index (κ3) is 5.25. The molecule has 2 amide bonds. The van der Waals surface area contributed by atoms with Gasteiger partial charge in [-0.1, -0.05) is 53.7 Å². The third-order valence-electron chi connectivity index (χ3n) is 5.93. The van der Waals surface area contributed by atoms with Gasteiger partial charge in [0.05, 0.1) is 23.1 Å². The average Bonchev–Trinajstić information content (AvgIpc) is 3.18. The number of nitrogens with zero attached hydrogens (tertiary/aromatic N) is 2. The van der Waals surface area contributed by atoms with Gasteiger partial charge in [-0.3, -0.25) is 14.5 Å². The van der Waals surface area contributed by atoms with Gasteiger partial charge in [-0.15, -0.1) is 0 Å². The number of para-hydroxylation sites is 1. The summed E-state index contributed by atoms with van der Waals surface area (Å²) in [4.78, 5) is 28.4. The quantitative estimate of drug-likeness (QED) is 0.319. The minimum absolute atomic E-state index is 0.153. The number of aryl methyl sites for hydroxylation is 2. The molecule has 0 aliphatic carbocycles. The molecule has 1 atom stereocenters. The summed E-state index contributed by atoms with van der Waals surface area (Å²) in [5.41, 5.74) is 3.84. The number of ether oxygens (including phenoxy) is 1. The van der Waals surface area contributed by atoms with Gasteiger partial charge in [0.25, 0.3) is 5.91 Å². The smallest absolute Gasteiger partial charge is 0.269 e. The molecule has 36 heavy (non-hydrogen) atoms. The third-order valence-corrected chi connectivity index (χ3v) is 7.52. The van der Waals surface area contributed by atoms with E-state index >= 15 is 0 Å². The van der Waals surface area contributed by atoms with Gasteiger partial charge >= 0.3 is 0 Å². The molecule has 1 aliphatic rings. The van der Waals surface area contributed by atoms with Gasteiger partial charge < -0.3 is 10.1 Å². The van der Waals surface area contributed by atoms with Gasteiger partial charge in [0.2, 0.25) is 5.91 Å². The summed E-state index contributed by atoms with van der Waals surface area (Å²) in [6, 6.07) is 22.0. The molecule has 3 aromatic carbocycles. The molecule has 0 saturated carbocycles. The van der Waals surface area contributed by atoms with Crippen molar-refractivity contribution >= 4 is 46.6 Å². The van der Waals surface area contributed by atoms with E-state index in [9.17, 15) is 14.9 Å². The molecule has 3 aromatic rings. The van der Waals surface area contributed by atoms with Crippen molar-refractivity contribution in [1.82, 2.24) is 0 Å². The molecule has 1 heterocycles. The van der Waals surface area contributed by atoms with E-state index in [4.69, 9.17) is 16.3 Å². The molecule has 0 radical (unpaired) electrons. The lowest BCUT2D eigenvalue weighted by molar-refractivity contribution is -0.117. The number of thioether (sulfide) groups is 1. The van der Waals surface area contributed by atoms with Crippen LogP contribution in [0.15, 0.2) is 77.3 Å². The van der Waals surface area contributed by atoms with Crippen molar-refractivity contribution in [2.75, 3.05) is 17.3 Å². The second-order valence-corrected chi connectivity index (χ2v) is 9.93. The minimum atomic E-state index is -0.628. The number of nitrogens with one attached hydrogen (secondary N) is 1. The lowest BCUT2D eigenvalue weighted by Crippen LogP contribution is -2.31. The van der Waals surface area contributed by atoms with Crippen LogP contribution in [-0.2, 0) is 16.0 Å². The number of carbonyl (C=O) groups excluding carboxylic acids is 2. The van der Waals surface area contributed by atoms with Crippen LogP contribution < -0.4 is 15.0 Å². The van der Waals surface area contributed by atoms with Crippen molar-refractivity contribution in [3.05, 3.63) is 99.0 Å². The molecule has 4 rings (SSSR count). The fraction of sp³-hybridized carbons (Fsp3) is 0.179. The van der Waals surface area contributed by atoms with Crippen molar-refractivity contribution in [1.29, 1.82) is 5.26 Å². The summed E-state index contributed by atoms with van der Waals surface area (Å²) >= 11 is 7.42. The van der Waals surface area contributed by atoms with Crippen LogP contribution in [-0.4, -0.2) is 24.2 Å². The van der Waals surface area contributed by atoms with Gasteiger partial charge in [0.1, 0.15) is 22.4 Å². The summed E-state index contributed by atoms with van der Waals surface area (Å²) in [6.45, 7) is 3.94. The van der Waals surface area contributed by atoms with E-state index < -0.39 is 11.2 Å². The Balaban J connectivity index is 1.76. The number of anilines is 2. The summed E-state index contributed by atoms with van der Waals surface area (Å²) < 4.78 is 5.32. The second-order valence-electron chi connectivity index (χ2n) is 8.33. The molecular formula is C28H24ClN3O3S. The van der Waals surface area contributed by atoms with Crippen molar-refractivity contribution in [3.8, 4) is 11.8 Å². The standard InChI is InChI=1S/C28H24ClN3O3S/c1-17-11-12-20(13-18(17)2)32-27(34)25(15-19-7-6-8-21(14-19)35-3)36-28(32)22(16-30)26(33)31-24-10-5-4-9-23(24)29/h4-14,25H,15H2,1-3H3,(H,31,33)/b28-22-/t25-/m1/s1. The van der Waals surface area contributed by atoms with Crippen LogP contribution in [0, 0.1) is 25.2 Å². The lowest BCUT2D eigenvalue weighted by Gasteiger charge is -2.20. The molecule has 0 bridgehead atoms. The van der Waals surface area contributed by atoms with Gasteiger partial charge in [0, 0.05) is 5.69 Å². The first-order chi connectivity index (χ1) is 17.3. The number of carbonyl (C=O) groups is 2. The molecule has 0 unspecified atom stereocenters. The first-order valence-corrected chi connectivity index (χ1v) is 12.5. The molecule has 1 N–H and O–H groups in total. The Morgan fingerprint density at radius 3 is 2.58 bits per heavy atom. The lowest BCUT2D eigenvalue weighted by atomic mass is 10.1. The molecule has 1 fully saturated rings. The van der Waals surface area contributed by atoms with E-state index in [0.29, 0.717) is 33.6 Å². The second kappa shape index (κ2) is 10.9. The molecule has 1 aliphatic heterocycles. The largest absolute Gasteiger partial charge is 0.497 e. The predicted molar refractivity (Wildman–Crippen MR) is 144 cm³/mol. The monoisotopic (exact) mass is 517 g/mol. The SMILES string of the molecule is COc1cccc(C[C@H]2S/C(=C(/C#N)C(=O)Nc3ccccc3Cl)N(c3ccc(C)c(C)c3)C2=O)c1. The Labute approximate surface area is 219 Å².